The van der Waals surface area contributed by atoms with E-state index in [0.717, 1.165) is 10.8 Å². The fraction of sp³-hybridized carbons (Fsp3) is 0.129. The number of esters is 1. The Kier molecular flexibility index (Phi) is 6.91. The van der Waals surface area contributed by atoms with Gasteiger partial charge in [0, 0.05) is 16.5 Å². The summed E-state index contributed by atoms with van der Waals surface area (Å²) in [4.78, 5) is 31.1. The van der Waals surface area contributed by atoms with Gasteiger partial charge in [0.25, 0.3) is 0 Å². The number of benzene rings is 4. The third-order valence-electron chi connectivity index (χ3n) is 6.32. The van der Waals surface area contributed by atoms with Crippen LogP contribution in [0.2, 0.25) is 0 Å². The van der Waals surface area contributed by atoms with Gasteiger partial charge in [0.05, 0.1) is 38.1 Å². The molecule has 0 bridgehead atoms. The van der Waals surface area contributed by atoms with E-state index < -0.39 is 5.97 Å². The predicted molar refractivity (Wildman–Crippen MR) is 145 cm³/mol. The standard InChI is InChI=1S/C31H25NO6/c1-35-28-15-20(16-29(36-2)30(28)37-3)26-17-24(22-12-6-7-14-25(22)32-26)31(34)38-18-27(33)23-13-8-10-19-9-4-5-11-21(19)23/h4-17H,18H2,1-3H3. The van der Waals surface area contributed by atoms with E-state index in [9.17, 15) is 9.59 Å². The molecule has 38 heavy (non-hydrogen) atoms. The Morgan fingerprint density at radius 2 is 1.37 bits per heavy atom. The van der Waals surface area contributed by atoms with Gasteiger partial charge in [-0.3, -0.25) is 4.79 Å². The number of ether oxygens (including phenoxy) is 4. The summed E-state index contributed by atoms with van der Waals surface area (Å²) >= 11 is 0. The van der Waals surface area contributed by atoms with Gasteiger partial charge in [-0.05, 0) is 35.0 Å². The van der Waals surface area contributed by atoms with Crippen molar-refractivity contribution in [3.63, 3.8) is 0 Å². The Bertz CT molecular complexity index is 1650. The second-order valence-electron chi connectivity index (χ2n) is 8.51. The fourth-order valence-corrected chi connectivity index (χ4v) is 4.48. The van der Waals surface area contributed by atoms with E-state index in [0.29, 0.717) is 50.5 Å². The van der Waals surface area contributed by atoms with Crippen molar-refractivity contribution >= 4 is 33.4 Å². The average Bonchev–Trinajstić information content (AvgIpc) is 2.97. The van der Waals surface area contributed by atoms with Crippen LogP contribution in [0.5, 0.6) is 17.2 Å². The number of aromatic nitrogens is 1. The molecule has 1 aromatic heterocycles. The molecule has 0 radical (unpaired) electrons. The van der Waals surface area contributed by atoms with Gasteiger partial charge in [-0.2, -0.15) is 0 Å². The molecule has 5 aromatic rings. The van der Waals surface area contributed by atoms with Crippen molar-refractivity contribution in [2.24, 2.45) is 0 Å². The summed E-state index contributed by atoms with van der Waals surface area (Å²) in [7, 11) is 4.59. The summed E-state index contributed by atoms with van der Waals surface area (Å²) in [5.41, 5.74) is 2.58. The molecule has 7 nitrogen and oxygen atoms in total. The van der Waals surface area contributed by atoms with Crippen LogP contribution in [0.15, 0.2) is 84.9 Å². The Balaban J connectivity index is 1.50. The molecule has 4 aromatic carbocycles. The highest BCUT2D eigenvalue weighted by Crippen LogP contribution is 2.41. The Hall–Kier alpha value is -4.91. The summed E-state index contributed by atoms with van der Waals surface area (Å²) < 4.78 is 21.9. The van der Waals surface area contributed by atoms with Crippen molar-refractivity contribution in [1.82, 2.24) is 4.98 Å². The molecule has 0 saturated carbocycles. The van der Waals surface area contributed by atoms with Gasteiger partial charge in [-0.15, -0.1) is 0 Å². The van der Waals surface area contributed by atoms with E-state index in [1.54, 1.807) is 30.3 Å². The number of pyridine rings is 1. The summed E-state index contributed by atoms with van der Waals surface area (Å²) in [5.74, 6) is 0.471. The minimum absolute atomic E-state index is 0.279. The average molecular weight is 508 g/mol. The van der Waals surface area contributed by atoms with E-state index >= 15 is 0 Å². The molecule has 7 heteroatoms. The van der Waals surface area contributed by atoms with Crippen molar-refractivity contribution in [3.05, 3.63) is 96.1 Å². The van der Waals surface area contributed by atoms with Crippen molar-refractivity contribution in [3.8, 4) is 28.5 Å². The molecule has 0 amide bonds. The molecule has 0 fully saturated rings. The summed E-state index contributed by atoms with van der Waals surface area (Å²) in [5, 5.41) is 2.38. The zero-order valence-corrected chi connectivity index (χ0v) is 21.2. The summed E-state index contributed by atoms with van der Waals surface area (Å²) in [6.07, 6.45) is 0. The van der Waals surface area contributed by atoms with E-state index in [4.69, 9.17) is 23.9 Å². The van der Waals surface area contributed by atoms with Crippen molar-refractivity contribution < 1.29 is 28.5 Å². The lowest BCUT2D eigenvalue weighted by Crippen LogP contribution is -2.15. The van der Waals surface area contributed by atoms with Gasteiger partial charge in [0.15, 0.2) is 18.1 Å². The van der Waals surface area contributed by atoms with Crippen LogP contribution >= 0.6 is 0 Å². The molecular formula is C31H25NO6. The molecule has 0 atom stereocenters. The van der Waals surface area contributed by atoms with E-state index in [-0.39, 0.29) is 12.4 Å². The highest BCUT2D eigenvalue weighted by atomic mass is 16.5. The monoisotopic (exact) mass is 507 g/mol. The number of methoxy groups -OCH3 is 3. The maximum atomic E-state index is 13.3. The molecule has 0 aliphatic heterocycles. The lowest BCUT2D eigenvalue weighted by atomic mass is 10.0. The van der Waals surface area contributed by atoms with Crippen molar-refractivity contribution in [2.45, 2.75) is 0 Å². The maximum Gasteiger partial charge on any atom is 0.339 e. The molecule has 0 spiro atoms. The van der Waals surface area contributed by atoms with E-state index in [1.165, 1.54) is 21.3 Å². The fourth-order valence-electron chi connectivity index (χ4n) is 4.48. The Morgan fingerprint density at radius 3 is 2.08 bits per heavy atom. The van der Waals surface area contributed by atoms with Crippen LogP contribution in [-0.4, -0.2) is 44.7 Å². The van der Waals surface area contributed by atoms with Crippen LogP contribution in [0.25, 0.3) is 32.9 Å². The van der Waals surface area contributed by atoms with Crippen LogP contribution in [0, 0.1) is 0 Å². The molecular weight excluding hydrogens is 482 g/mol. The highest BCUT2D eigenvalue weighted by molar-refractivity contribution is 6.10. The molecule has 0 N–H and O–H groups in total. The normalized spacial score (nSPS) is 10.8. The SMILES string of the molecule is COc1cc(-c2cc(C(=O)OCC(=O)c3cccc4ccccc34)c3ccccc3n2)cc(OC)c1OC. The number of Topliss-reactive ketones (excluding diaryl/α,β-unsaturated/α-hetero) is 1. The quantitative estimate of drug-likeness (QED) is 0.185. The minimum atomic E-state index is -0.620. The number of fused-ring (bicyclic) bond motifs is 2. The van der Waals surface area contributed by atoms with Gasteiger partial charge in [-0.1, -0.05) is 60.7 Å². The zero-order valence-electron chi connectivity index (χ0n) is 21.2. The Labute approximate surface area is 219 Å². The first kappa shape index (κ1) is 24.8. The molecule has 190 valence electrons. The number of carbonyl (C=O) groups excluding carboxylic acids is 2. The van der Waals surface area contributed by atoms with Crippen molar-refractivity contribution in [1.29, 1.82) is 0 Å². The lowest BCUT2D eigenvalue weighted by molar-refractivity contribution is 0.0477. The topological polar surface area (TPSA) is 84.0 Å². The molecule has 0 aliphatic carbocycles. The molecule has 0 aliphatic rings. The molecule has 5 rings (SSSR count). The summed E-state index contributed by atoms with van der Waals surface area (Å²) in [6.45, 7) is -0.386. The second-order valence-corrected chi connectivity index (χ2v) is 8.51. The van der Waals surface area contributed by atoms with Crippen LogP contribution in [0.3, 0.4) is 0 Å². The van der Waals surface area contributed by atoms with Gasteiger partial charge >= 0.3 is 5.97 Å². The number of para-hydroxylation sites is 1. The summed E-state index contributed by atoms with van der Waals surface area (Å²) in [6, 6.07) is 25.5. The van der Waals surface area contributed by atoms with Crippen LogP contribution < -0.4 is 14.2 Å². The number of nitrogens with zero attached hydrogens (tertiary/aromatic N) is 1. The minimum Gasteiger partial charge on any atom is -0.493 e. The molecule has 0 saturated heterocycles. The third kappa shape index (κ3) is 4.62. The highest BCUT2D eigenvalue weighted by Gasteiger charge is 2.20. The van der Waals surface area contributed by atoms with Crippen LogP contribution in [-0.2, 0) is 4.74 Å². The third-order valence-corrected chi connectivity index (χ3v) is 6.32. The number of ketones is 1. The van der Waals surface area contributed by atoms with E-state index in [1.807, 2.05) is 54.6 Å². The lowest BCUT2D eigenvalue weighted by Gasteiger charge is -2.15. The maximum absolute atomic E-state index is 13.3. The number of hydrogen-bond donors (Lipinski definition) is 0. The van der Waals surface area contributed by atoms with Crippen LogP contribution in [0.4, 0.5) is 0 Å². The molecule has 1 heterocycles. The largest absolute Gasteiger partial charge is 0.493 e. The van der Waals surface area contributed by atoms with Gasteiger partial charge in [0.2, 0.25) is 11.5 Å². The predicted octanol–water partition coefficient (Wildman–Crippen LogP) is 6.12. The first-order chi connectivity index (χ1) is 18.5. The first-order valence-corrected chi connectivity index (χ1v) is 11.9. The van der Waals surface area contributed by atoms with Gasteiger partial charge in [-0.25, -0.2) is 9.78 Å². The number of hydrogen-bond acceptors (Lipinski definition) is 7. The van der Waals surface area contributed by atoms with E-state index in [2.05, 4.69) is 0 Å². The van der Waals surface area contributed by atoms with Crippen molar-refractivity contribution in [2.75, 3.05) is 27.9 Å². The Morgan fingerprint density at radius 1 is 0.711 bits per heavy atom. The number of carbonyl (C=O) groups is 2. The van der Waals surface area contributed by atoms with Crippen LogP contribution in [0.1, 0.15) is 20.7 Å². The molecule has 0 unspecified atom stereocenters. The van der Waals surface area contributed by atoms with Gasteiger partial charge in [0.1, 0.15) is 0 Å². The van der Waals surface area contributed by atoms with Gasteiger partial charge < -0.3 is 18.9 Å². The smallest absolute Gasteiger partial charge is 0.339 e. The second kappa shape index (κ2) is 10.6. The zero-order chi connectivity index (χ0) is 26.6. The first-order valence-electron chi connectivity index (χ1n) is 11.9. The number of rotatable bonds is 8.